The van der Waals surface area contributed by atoms with E-state index in [9.17, 15) is 0 Å². The summed E-state index contributed by atoms with van der Waals surface area (Å²) < 4.78 is 2.83. The molecule has 0 fully saturated rings. The highest BCUT2D eigenvalue weighted by atomic mass is 127. The number of benzene rings is 1. The van der Waals surface area contributed by atoms with Crippen molar-refractivity contribution in [2.24, 2.45) is 0 Å². The molecule has 2 rings (SSSR count). The number of hydrogen-bond acceptors (Lipinski definition) is 2. The molecule has 0 nitrogen and oxygen atoms in total. The minimum atomic E-state index is 1.39. The van der Waals surface area contributed by atoms with E-state index in [2.05, 4.69) is 53.3 Å². The maximum atomic E-state index is 2.43. The van der Waals surface area contributed by atoms with E-state index in [0.29, 0.717) is 0 Å². The van der Waals surface area contributed by atoms with E-state index in [1.54, 1.807) is 0 Å². The van der Waals surface area contributed by atoms with Gasteiger partial charge < -0.3 is 0 Å². The van der Waals surface area contributed by atoms with Crippen molar-refractivity contribution >= 4 is 55.8 Å². The van der Waals surface area contributed by atoms with Gasteiger partial charge in [-0.1, -0.05) is 0 Å². The van der Waals surface area contributed by atoms with Crippen molar-refractivity contribution in [3.63, 3.8) is 0 Å². The lowest BCUT2D eigenvalue weighted by molar-refractivity contribution is 1.40. The average Bonchev–Trinajstić information content (AvgIpc) is 2.60. The van der Waals surface area contributed by atoms with Crippen LogP contribution >= 0.6 is 45.7 Å². The van der Waals surface area contributed by atoms with Crippen LogP contribution in [0.25, 0.3) is 10.1 Å². The number of aryl methyl sites for hydroxylation is 1. The van der Waals surface area contributed by atoms with E-state index in [-0.39, 0.29) is 0 Å². The molecular weight excluding hydrogens is 311 g/mol. The molecule has 1 heterocycles. The first-order valence-corrected chi connectivity index (χ1v) is 7.12. The molecule has 68 valence electrons. The molecule has 0 saturated carbocycles. The Balaban J connectivity index is 2.87. The summed E-state index contributed by atoms with van der Waals surface area (Å²) in [6, 6.07) is 4.50. The molecule has 0 radical (unpaired) electrons. The van der Waals surface area contributed by atoms with Crippen LogP contribution in [0.15, 0.2) is 22.4 Å². The van der Waals surface area contributed by atoms with Gasteiger partial charge in [-0.15, -0.1) is 23.1 Å². The molecule has 2 aromatic rings. The molecule has 0 bridgehead atoms. The van der Waals surface area contributed by atoms with Gasteiger partial charge >= 0.3 is 0 Å². The Kier molecular flexibility index (Phi) is 2.86. The summed E-state index contributed by atoms with van der Waals surface area (Å²) in [6.45, 7) is 2.18. The summed E-state index contributed by atoms with van der Waals surface area (Å²) in [5.41, 5.74) is 1.39. The third-order valence-electron chi connectivity index (χ3n) is 2.04. The Labute approximate surface area is 99.9 Å². The number of halogens is 1. The van der Waals surface area contributed by atoms with Crippen molar-refractivity contribution < 1.29 is 0 Å². The minimum absolute atomic E-state index is 1.39. The lowest BCUT2D eigenvalue weighted by Crippen LogP contribution is -1.82. The first-order valence-electron chi connectivity index (χ1n) is 3.94. The quantitative estimate of drug-likeness (QED) is 0.549. The highest BCUT2D eigenvalue weighted by Gasteiger charge is 2.07. The van der Waals surface area contributed by atoms with Gasteiger partial charge in [0.15, 0.2) is 0 Å². The fourth-order valence-electron chi connectivity index (χ4n) is 1.36. The maximum absolute atomic E-state index is 2.43. The Hall–Kier alpha value is 0.260. The van der Waals surface area contributed by atoms with Crippen LogP contribution in [0.4, 0.5) is 0 Å². The molecule has 0 atom stereocenters. The van der Waals surface area contributed by atoms with Gasteiger partial charge in [-0.05, 0) is 58.8 Å². The Bertz CT molecular complexity index is 445. The third-order valence-corrected chi connectivity index (χ3v) is 5.31. The minimum Gasteiger partial charge on any atom is -0.143 e. The monoisotopic (exact) mass is 320 g/mol. The van der Waals surface area contributed by atoms with Crippen LogP contribution in [0.1, 0.15) is 5.56 Å². The fraction of sp³-hybridized carbons (Fsp3) is 0.200. The lowest BCUT2D eigenvalue weighted by atomic mass is 10.2. The maximum Gasteiger partial charge on any atom is 0.0489 e. The molecule has 0 amide bonds. The highest BCUT2D eigenvalue weighted by Crippen LogP contribution is 2.35. The fourth-order valence-corrected chi connectivity index (χ4v) is 3.95. The van der Waals surface area contributed by atoms with E-state index in [1.165, 1.54) is 24.1 Å². The summed E-state index contributed by atoms with van der Waals surface area (Å²) >= 11 is 6.10. The molecule has 0 N–H and O–H groups in total. The van der Waals surface area contributed by atoms with Crippen LogP contribution in [-0.4, -0.2) is 6.26 Å². The average molecular weight is 320 g/mol. The van der Waals surface area contributed by atoms with Gasteiger partial charge in [-0.2, -0.15) is 0 Å². The summed E-state index contributed by atoms with van der Waals surface area (Å²) in [6.07, 6.45) is 2.14. The van der Waals surface area contributed by atoms with Gasteiger partial charge in [0.2, 0.25) is 0 Å². The molecule has 1 aromatic carbocycles. The molecular formula is C10H9IS2. The number of thioether (sulfide) groups is 1. The molecule has 0 aliphatic rings. The van der Waals surface area contributed by atoms with Crippen molar-refractivity contribution in [3.05, 3.63) is 26.6 Å². The Morgan fingerprint density at radius 2 is 2.23 bits per heavy atom. The van der Waals surface area contributed by atoms with E-state index >= 15 is 0 Å². The molecule has 0 unspecified atom stereocenters. The zero-order chi connectivity index (χ0) is 9.42. The van der Waals surface area contributed by atoms with E-state index in [4.69, 9.17) is 0 Å². The molecule has 0 aliphatic carbocycles. The topological polar surface area (TPSA) is 0 Å². The zero-order valence-corrected chi connectivity index (χ0v) is 11.2. The molecule has 3 heteroatoms. The summed E-state index contributed by atoms with van der Waals surface area (Å²) in [5, 5.41) is 3.58. The predicted molar refractivity (Wildman–Crippen MR) is 71.1 cm³/mol. The highest BCUT2D eigenvalue weighted by molar-refractivity contribution is 14.1. The molecule has 0 spiro atoms. The smallest absolute Gasteiger partial charge is 0.0489 e. The second-order valence-corrected chi connectivity index (χ2v) is 5.72. The number of rotatable bonds is 1. The van der Waals surface area contributed by atoms with Gasteiger partial charge in [-0.25, -0.2) is 0 Å². The van der Waals surface area contributed by atoms with Crippen LogP contribution in [0.2, 0.25) is 0 Å². The standard InChI is InChI=1S/C10H9IS2/c1-6-5-8(12-2)10-7(9(6)11)3-4-13-10/h3-5H,1-2H3. The second kappa shape index (κ2) is 3.79. The summed E-state index contributed by atoms with van der Waals surface area (Å²) in [7, 11) is 0. The largest absolute Gasteiger partial charge is 0.143 e. The van der Waals surface area contributed by atoms with Gasteiger partial charge in [-0.3, -0.25) is 0 Å². The van der Waals surface area contributed by atoms with Crippen LogP contribution in [-0.2, 0) is 0 Å². The zero-order valence-electron chi connectivity index (χ0n) is 7.43. The van der Waals surface area contributed by atoms with Crippen LogP contribution in [0, 0.1) is 10.5 Å². The van der Waals surface area contributed by atoms with Gasteiger partial charge in [0, 0.05) is 18.6 Å². The Morgan fingerprint density at radius 3 is 2.92 bits per heavy atom. The van der Waals surface area contributed by atoms with Crippen molar-refractivity contribution in [3.8, 4) is 0 Å². The van der Waals surface area contributed by atoms with Gasteiger partial charge in [0.05, 0.1) is 0 Å². The Morgan fingerprint density at radius 1 is 1.46 bits per heavy atom. The van der Waals surface area contributed by atoms with Crippen molar-refractivity contribution in [1.29, 1.82) is 0 Å². The number of hydrogen-bond donors (Lipinski definition) is 0. The second-order valence-electron chi connectivity index (χ2n) is 2.87. The van der Waals surface area contributed by atoms with E-state index in [1.807, 2.05) is 23.1 Å². The summed E-state index contributed by atoms with van der Waals surface area (Å²) in [4.78, 5) is 1.41. The lowest BCUT2D eigenvalue weighted by Gasteiger charge is -2.04. The van der Waals surface area contributed by atoms with Gasteiger partial charge in [0.1, 0.15) is 0 Å². The predicted octanol–water partition coefficient (Wildman–Crippen LogP) is 4.54. The number of thiophene rings is 1. The van der Waals surface area contributed by atoms with Crippen molar-refractivity contribution in [2.75, 3.05) is 6.26 Å². The first-order chi connectivity index (χ1) is 6.24. The van der Waals surface area contributed by atoms with Gasteiger partial charge in [0.25, 0.3) is 0 Å². The third kappa shape index (κ3) is 1.62. The number of fused-ring (bicyclic) bond motifs is 1. The van der Waals surface area contributed by atoms with E-state index < -0.39 is 0 Å². The SMILES string of the molecule is CSc1cc(C)c(I)c2ccsc12. The summed E-state index contributed by atoms with van der Waals surface area (Å²) in [5.74, 6) is 0. The normalized spacial score (nSPS) is 11.0. The first kappa shape index (κ1) is 9.80. The van der Waals surface area contributed by atoms with Crippen LogP contribution in [0.5, 0.6) is 0 Å². The molecule has 1 aromatic heterocycles. The molecule has 13 heavy (non-hydrogen) atoms. The van der Waals surface area contributed by atoms with Crippen molar-refractivity contribution in [1.82, 2.24) is 0 Å². The van der Waals surface area contributed by atoms with Crippen LogP contribution < -0.4 is 0 Å². The molecule has 0 saturated heterocycles. The van der Waals surface area contributed by atoms with Crippen molar-refractivity contribution in [2.45, 2.75) is 11.8 Å². The van der Waals surface area contributed by atoms with E-state index in [0.717, 1.165) is 0 Å². The van der Waals surface area contributed by atoms with Crippen LogP contribution in [0.3, 0.4) is 0 Å². The molecule has 0 aliphatic heterocycles.